The lowest BCUT2D eigenvalue weighted by atomic mass is 10.1. The molecule has 0 aliphatic heterocycles. The number of nitrogens with two attached hydrogens (primary N) is 1. The first-order valence-corrected chi connectivity index (χ1v) is 5.51. The summed E-state index contributed by atoms with van der Waals surface area (Å²) in [4.78, 5) is 15.7. The molecule has 0 bridgehead atoms. The summed E-state index contributed by atoms with van der Waals surface area (Å²) < 4.78 is 0. The fourth-order valence-corrected chi connectivity index (χ4v) is 1.43. The van der Waals surface area contributed by atoms with Crippen LogP contribution in [0.25, 0.3) is 0 Å². The van der Waals surface area contributed by atoms with E-state index in [-0.39, 0.29) is 28.6 Å². The van der Waals surface area contributed by atoms with Crippen LogP contribution < -0.4 is 11.1 Å². The van der Waals surface area contributed by atoms with E-state index in [2.05, 4.69) is 16.2 Å². The topological polar surface area (TPSA) is 68.0 Å². The monoisotopic (exact) mass is 251 g/mol. The Balaban J connectivity index is 2.90. The third-order valence-corrected chi connectivity index (χ3v) is 2.54. The molecular weight excluding hydrogens is 238 g/mol. The molecule has 90 valence electrons. The quantitative estimate of drug-likeness (QED) is 0.635. The summed E-state index contributed by atoms with van der Waals surface area (Å²) in [5.41, 5.74) is 6.15. The number of halogens is 1. The number of amides is 1. The molecule has 17 heavy (non-hydrogen) atoms. The lowest BCUT2D eigenvalue weighted by Crippen LogP contribution is -2.37. The lowest BCUT2D eigenvalue weighted by molar-refractivity contribution is 0.0938. The van der Waals surface area contributed by atoms with Crippen molar-refractivity contribution in [2.75, 3.05) is 5.73 Å². The van der Waals surface area contributed by atoms with Crippen LogP contribution in [0.4, 0.5) is 5.69 Å². The second-order valence-corrected chi connectivity index (χ2v) is 4.33. The van der Waals surface area contributed by atoms with Gasteiger partial charge in [0, 0.05) is 0 Å². The van der Waals surface area contributed by atoms with Crippen molar-refractivity contribution in [2.24, 2.45) is 5.92 Å². The Morgan fingerprint density at radius 3 is 2.82 bits per heavy atom. The molecule has 0 spiro atoms. The molecule has 0 aromatic carbocycles. The van der Waals surface area contributed by atoms with Gasteiger partial charge >= 0.3 is 0 Å². The molecule has 1 unspecified atom stereocenters. The standard InChI is InChI=1S/C12H14ClN3O/c1-4-10(7(2)3)16-12(17)9-5-8(14)6-15-11(9)13/h1,5-7,10H,14H2,2-3H3,(H,16,17). The smallest absolute Gasteiger partial charge is 0.255 e. The van der Waals surface area contributed by atoms with Gasteiger partial charge in [0.1, 0.15) is 5.15 Å². The van der Waals surface area contributed by atoms with Gasteiger partial charge in [-0.25, -0.2) is 4.98 Å². The Hall–Kier alpha value is -1.73. The summed E-state index contributed by atoms with van der Waals surface area (Å²) in [5.74, 6) is 2.28. The van der Waals surface area contributed by atoms with Crippen molar-refractivity contribution in [1.29, 1.82) is 0 Å². The Morgan fingerprint density at radius 1 is 1.65 bits per heavy atom. The van der Waals surface area contributed by atoms with E-state index in [4.69, 9.17) is 23.8 Å². The Labute approximate surface area is 106 Å². The van der Waals surface area contributed by atoms with Gasteiger partial charge in [0.2, 0.25) is 0 Å². The number of hydrogen-bond donors (Lipinski definition) is 2. The van der Waals surface area contributed by atoms with Crippen molar-refractivity contribution >= 4 is 23.2 Å². The molecule has 4 nitrogen and oxygen atoms in total. The van der Waals surface area contributed by atoms with Gasteiger partial charge in [-0.3, -0.25) is 4.79 Å². The van der Waals surface area contributed by atoms with Crippen molar-refractivity contribution in [3.63, 3.8) is 0 Å². The van der Waals surface area contributed by atoms with Crippen molar-refractivity contribution in [1.82, 2.24) is 10.3 Å². The minimum Gasteiger partial charge on any atom is -0.397 e. The van der Waals surface area contributed by atoms with Gasteiger partial charge in [0.15, 0.2) is 0 Å². The predicted molar refractivity (Wildman–Crippen MR) is 68.6 cm³/mol. The molecule has 0 radical (unpaired) electrons. The van der Waals surface area contributed by atoms with Crippen LogP contribution in [0.5, 0.6) is 0 Å². The van der Waals surface area contributed by atoms with Gasteiger partial charge in [-0.2, -0.15) is 0 Å². The summed E-state index contributed by atoms with van der Waals surface area (Å²) in [5, 5.41) is 2.80. The molecule has 5 heteroatoms. The fraction of sp³-hybridized carbons (Fsp3) is 0.333. The van der Waals surface area contributed by atoms with Gasteiger partial charge in [-0.15, -0.1) is 6.42 Å². The van der Waals surface area contributed by atoms with Crippen LogP contribution in [0.3, 0.4) is 0 Å². The maximum Gasteiger partial charge on any atom is 0.255 e. The van der Waals surface area contributed by atoms with Crippen LogP contribution >= 0.6 is 11.6 Å². The van der Waals surface area contributed by atoms with Gasteiger partial charge in [-0.1, -0.05) is 31.4 Å². The molecule has 0 saturated heterocycles. The molecule has 0 aliphatic rings. The number of carbonyl (C=O) groups excluding carboxylic acids is 1. The molecule has 3 N–H and O–H groups in total. The molecule has 0 saturated carbocycles. The summed E-state index contributed by atoms with van der Waals surface area (Å²) in [7, 11) is 0. The van der Waals surface area contributed by atoms with E-state index in [1.807, 2.05) is 13.8 Å². The number of nitrogen functional groups attached to an aromatic ring is 1. The average molecular weight is 252 g/mol. The van der Waals surface area contributed by atoms with Crippen molar-refractivity contribution in [3.05, 3.63) is 23.0 Å². The zero-order valence-corrected chi connectivity index (χ0v) is 10.5. The van der Waals surface area contributed by atoms with Crippen LogP contribution in [0.1, 0.15) is 24.2 Å². The van der Waals surface area contributed by atoms with Crippen LogP contribution in [0.15, 0.2) is 12.3 Å². The summed E-state index contributed by atoms with van der Waals surface area (Å²) in [6.07, 6.45) is 6.72. The summed E-state index contributed by atoms with van der Waals surface area (Å²) >= 11 is 5.82. The van der Waals surface area contributed by atoms with Crippen LogP contribution in [0.2, 0.25) is 5.15 Å². The van der Waals surface area contributed by atoms with E-state index in [0.29, 0.717) is 5.69 Å². The van der Waals surface area contributed by atoms with E-state index in [9.17, 15) is 4.79 Å². The number of rotatable bonds is 3. The first-order chi connectivity index (χ1) is 7.95. The van der Waals surface area contributed by atoms with E-state index in [1.54, 1.807) is 0 Å². The van der Waals surface area contributed by atoms with Gasteiger partial charge < -0.3 is 11.1 Å². The third-order valence-electron chi connectivity index (χ3n) is 2.24. The number of terminal acetylenes is 1. The highest BCUT2D eigenvalue weighted by Gasteiger charge is 2.17. The predicted octanol–water partition coefficient (Wildman–Crippen LogP) is 1.70. The highest BCUT2D eigenvalue weighted by Crippen LogP contribution is 2.16. The number of hydrogen-bond acceptors (Lipinski definition) is 3. The van der Waals surface area contributed by atoms with Crippen molar-refractivity contribution < 1.29 is 4.79 Å². The average Bonchev–Trinajstić information content (AvgIpc) is 2.28. The zero-order chi connectivity index (χ0) is 13.0. The lowest BCUT2D eigenvalue weighted by Gasteiger charge is -2.16. The second kappa shape index (κ2) is 5.55. The first kappa shape index (κ1) is 13.3. The van der Waals surface area contributed by atoms with Gasteiger partial charge in [-0.05, 0) is 12.0 Å². The number of aromatic nitrogens is 1. The van der Waals surface area contributed by atoms with E-state index < -0.39 is 0 Å². The van der Waals surface area contributed by atoms with Crippen LogP contribution in [0, 0.1) is 18.3 Å². The summed E-state index contributed by atoms with van der Waals surface area (Å²) in [6, 6.07) is 1.12. The number of pyridine rings is 1. The minimum atomic E-state index is -0.369. The molecular formula is C12H14ClN3O. The Kier molecular flexibility index (Phi) is 4.36. The maximum atomic E-state index is 11.9. The number of nitrogens with zero attached hydrogens (tertiary/aromatic N) is 1. The van der Waals surface area contributed by atoms with Crippen molar-refractivity contribution in [3.8, 4) is 12.3 Å². The van der Waals surface area contributed by atoms with E-state index in [1.165, 1.54) is 12.3 Å². The van der Waals surface area contributed by atoms with E-state index >= 15 is 0 Å². The minimum absolute atomic E-state index is 0.108. The molecule has 0 fully saturated rings. The van der Waals surface area contributed by atoms with Crippen molar-refractivity contribution in [2.45, 2.75) is 19.9 Å². The third kappa shape index (κ3) is 3.36. The van der Waals surface area contributed by atoms with Gasteiger partial charge in [0.25, 0.3) is 5.91 Å². The van der Waals surface area contributed by atoms with E-state index in [0.717, 1.165) is 0 Å². The SMILES string of the molecule is C#CC(NC(=O)c1cc(N)cnc1Cl)C(C)C. The maximum absolute atomic E-state index is 11.9. The Bertz CT molecular complexity index is 465. The molecule has 1 atom stereocenters. The molecule has 1 heterocycles. The highest BCUT2D eigenvalue weighted by atomic mass is 35.5. The number of nitrogens with one attached hydrogen (secondary N) is 1. The first-order valence-electron chi connectivity index (χ1n) is 5.13. The fourth-order valence-electron chi connectivity index (χ4n) is 1.24. The normalized spacial score (nSPS) is 11.9. The number of carbonyl (C=O) groups is 1. The Morgan fingerprint density at radius 2 is 2.29 bits per heavy atom. The van der Waals surface area contributed by atoms with Crippen LogP contribution in [-0.2, 0) is 0 Å². The second-order valence-electron chi connectivity index (χ2n) is 3.97. The number of anilines is 1. The molecule has 1 rings (SSSR count). The molecule has 1 aromatic rings. The molecule has 1 amide bonds. The van der Waals surface area contributed by atoms with Gasteiger partial charge in [0.05, 0.1) is 23.5 Å². The zero-order valence-electron chi connectivity index (χ0n) is 9.70. The summed E-state index contributed by atoms with van der Waals surface area (Å²) in [6.45, 7) is 3.84. The largest absolute Gasteiger partial charge is 0.397 e. The van der Waals surface area contributed by atoms with Crippen LogP contribution in [-0.4, -0.2) is 16.9 Å². The molecule has 0 aliphatic carbocycles. The molecule has 1 aromatic heterocycles. The highest BCUT2D eigenvalue weighted by molar-refractivity contribution is 6.32.